The van der Waals surface area contributed by atoms with Gasteiger partial charge in [-0.2, -0.15) is 0 Å². The normalized spacial score (nSPS) is 10.9. The summed E-state index contributed by atoms with van der Waals surface area (Å²) in [6.45, 7) is 6.60. The van der Waals surface area contributed by atoms with Crippen molar-refractivity contribution in [2.45, 2.75) is 25.2 Å². The summed E-state index contributed by atoms with van der Waals surface area (Å²) < 4.78 is 7.97. The summed E-state index contributed by atoms with van der Waals surface area (Å²) in [5, 5.41) is 15.1. The Morgan fingerprint density at radius 3 is 2.68 bits per heavy atom. The standard InChI is InChI=1S/C25H22Cl2N4O2S/c1-3-10-31-23(14-33-22-9-8-17-6-4-5-7-21(17)16(22)2)29-30-25(31)34-15-24(32)28-20-12-18(26)11-19(27)13-20/h3-9,11-13H,1,10,14-15H2,2H3,(H,28,32). The maximum absolute atomic E-state index is 12.4. The van der Waals surface area contributed by atoms with Crippen molar-refractivity contribution in [3.63, 3.8) is 0 Å². The molecule has 1 amide bonds. The van der Waals surface area contributed by atoms with Crippen LogP contribution in [0, 0.1) is 6.92 Å². The minimum absolute atomic E-state index is 0.143. The second-order valence-corrected chi connectivity index (χ2v) is 9.31. The molecule has 0 spiro atoms. The highest BCUT2D eigenvalue weighted by atomic mass is 35.5. The van der Waals surface area contributed by atoms with Crippen molar-refractivity contribution in [1.29, 1.82) is 0 Å². The average Bonchev–Trinajstić information content (AvgIpc) is 3.18. The van der Waals surface area contributed by atoms with Crippen molar-refractivity contribution in [1.82, 2.24) is 14.8 Å². The molecule has 4 aromatic rings. The lowest BCUT2D eigenvalue weighted by Gasteiger charge is -2.12. The molecule has 0 bridgehead atoms. The van der Waals surface area contributed by atoms with Crippen molar-refractivity contribution in [3.05, 3.63) is 88.7 Å². The number of halogens is 2. The molecule has 0 aliphatic carbocycles. The van der Waals surface area contributed by atoms with Crippen LogP contribution < -0.4 is 10.1 Å². The van der Waals surface area contributed by atoms with Crippen LogP contribution in [0.5, 0.6) is 5.75 Å². The molecular formula is C25H22Cl2N4O2S. The van der Waals surface area contributed by atoms with Crippen LogP contribution in [0.15, 0.2) is 72.4 Å². The Kier molecular flexibility index (Phi) is 7.77. The molecule has 3 aromatic carbocycles. The topological polar surface area (TPSA) is 69.0 Å². The summed E-state index contributed by atoms with van der Waals surface area (Å²) in [6, 6.07) is 17.1. The lowest BCUT2D eigenvalue weighted by Crippen LogP contribution is -2.15. The number of ether oxygens (including phenoxy) is 1. The van der Waals surface area contributed by atoms with Gasteiger partial charge in [-0.05, 0) is 47.5 Å². The molecule has 0 radical (unpaired) electrons. The molecule has 0 aliphatic heterocycles. The number of allylic oxidation sites excluding steroid dienone is 1. The van der Waals surface area contributed by atoms with Crippen LogP contribution in [0.25, 0.3) is 10.8 Å². The van der Waals surface area contributed by atoms with Crippen LogP contribution in [0.1, 0.15) is 11.4 Å². The van der Waals surface area contributed by atoms with E-state index in [1.54, 1.807) is 24.3 Å². The van der Waals surface area contributed by atoms with Crippen molar-refractivity contribution < 1.29 is 9.53 Å². The van der Waals surface area contributed by atoms with E-state index in [0.29, 0.717) is 33.3 Å². The van der Waals surface area contributed by atoms with Crippen molar-refractivity contribution in [3.8, 4) is 5.75 Å². The number of hydrogen-bond acceptors (Lipinski definition) is 5. The highest BCUT2D eigenvalue weighted by Gasteiger charge is 2.15. The van der Waals surface area contributed by atoms with Crippen LogP contribution in [0.4, 0.5) is 5.69 Å². The van der Waals surface area contributed by atoms with E-state index in [1.807, 2.05) is 35.8 Å². The molecule has 1 heterocycles. The predicted octanol–water partition coefficient (Wildman–Crippen LogP) is 6.54. The number of hydrogen-bond donors (Lipinski definition) is 1. The third kappa shape index (κ3) is 5.73. The number of benzene rings is 3. The van der Waals surface area contributed by atoms with Gasteiger partial charge in [0.2, 0.25) is 5.91 Å². The van der Waals surface area contributed by atoms with E-state index in [9.17, 15) is 4.79 Å². The first-order chi connectivity index (χ1) is 16.4. The van der Waals surface area contributed by atoms with Crippen LogP contribution >= 0.6 is 35.0 Å². The molecule has 6 nitrogen and oxygen atoms in total. The molecule has 9 heteroatoms. The Morgan fingerprint density at radius 2 is 1.91 bits per heavy atom. The van der Waals surface area contributed by atoms with Crippen LogP contribution in [0.3, 0.4) is 0 Å². The highest BCUT2D eigenvalue weighted by Crippen LogP contribution is 2.28. The average molecular weight is 513 g/mol. The minimum Gasteiger partial charge on any atom is -0.485 e. The van der Waals surface area contributed by atoms with Crippen molar-refractivity contribution in [2.24, 2.45) is 0 Å². The van der Waals surface area contributed by atoms with Gasteiger partial charge in [0.25, 0.3) is 0 Å². The number of aromatic nitrogens is 3. The largest absolute Gasteiger partial charge is 0.485 e. The fraction of sp³-hybridized carbons (Fsp3) is 0.160. The van der Waals surface area contributed by atoms with Gasteiger partial charge in [-0.15, -0.1) is 16.8 Å². The molecule has 4 rings (SSSR count). The molecule has 0 unspecified atom stereocenters. The number of amides is 1. The summed E-state index contributed by atoms with van der Waals surface area (Å²) in [4.78, 5) is 12.4. The fourth-order valence-corrected chi connectivity index (χ4v) is 4.80. The number of anilines is 1. The first-order valence-corrected chi connectivity index (χ1v) is 12.2. The zero-order valence-corrected chi connectivity index (χ0v) is 20.8. The van der Waals surface area contributed by atoms with E-state index in [0.717, 1.165) is 16.7 Å². The van der Waals surface area contributed by atoms with Crippen LogP contribution in [-0.4, -0.2) is 26.4 Å². The third-order valence-corrected chi connectivity index (χ3v) is 6.49. The van der Waals surface area contributed by atoms with E-state index >= 15 is 0 Å². The Balaban J connectivity index is 1.43. The molecule has 0 saturated carbocycles. The number of aryl methyl sites for hydroxylation is 1. The molecular weight excluding hydrogens is 491 g/mol. The van der Waals surface area contributed by atoms with Gasteiger partial charge in [0.15, 0.2) is 11.0 Å². The van der Waals surface area contributed by atoms with Gasteiger partial charge >= 0.3 is 0 Å². The Morgan fingerprint density at radius 1 is 1.15 bits per heavy atom. The molecule has 174 valence electrons. The van der Waals surface area contributed by atoms with E-state index in [1.165, 1.54) is 17.1 Å². The van der Waals surface area contributed by atoms with E-state index in [-0.39, 0.29) is 18.3 Å². The SMILES string of the molecule is C=CCn1c(COc2ccc3ccccc3c2C)nnc1SCC(=O)Nc1cc(Cl)cc(Cl)c1. The van der Waals surface area contributed by atoms with Gasteiger partial charge in [0.1, 0.15) is 12.4 Å². The zero-order valence-electron chi connectivity index (χ0n) is 18.4. The number of fused-ring (bicyclic) bond motifs is 1. The third-order valence-electron chi connectivity index (χ3n) is 5.09. The molecule has 1 aromatic heterocycles. The molecule has 0 aliphatic rings. The lowest BCUT2D eigenvalue weighted by molar-refractivity contribution is -0.113. The van der Waals surface area contributed by atoms with Gasteiger partial charge in [-0.3, -0.25) is 9.36 Å². The quantitative estimate of drug-likeness (QED) is 0.203. The first-order valence-electron chi connectivity index (χ1n) is 10.5. The first kappa shape index (κ1) is 24.1. The van der Waals surface area contributed by atoms with Crippen molar-refractivity contribution in [2.75, 3.05) is 11.1 Å². The molecule has 34 heavy (non-hydrogen) atoms. The van der Waals surface area contributed by atoms with Crippen LogP contribution in [0.2, 0.25) is 10.0 Å². The second kappa shape index (κ2) is 11.0. The maximum atomic E-state index is 12.4. The summed E-state index contributed by atoms with van der Waals surface area (Å²) in [5.41, 5.74) is 1.61. The minimum atomic E-state index is -0.207. The number of nitrogens with one attached hydrogen (secondary N) is 1. The molecule has 0 fully saturated rings. The van der Waals surface area contributed by atoms with Gasteiger partial charge in [-0.1, -0.05) is 71.4 Å². The predicted molar refractivity (Wildman–Crippen MR) is 139 cm³/mol. The highest BCUT2D eigenvalue weighted by molar-refractivity contribution is 7.99. The smallest absolute Gasteiger partial charge is 0.234 e. The summed E-state index contributed by atoms with van der Waals surface area (Å²) in [7, 11) is 0. The Labute approximate surface area is 211 Å². The number of carbonyl (C=O) groups is 1. The van der Waals surface area contributed by atoms with Crippen LogP contribution in [-0.2, 0) is 17.9 Å². The van der Waals surface area contributed by atoms with Crippen molar-refractivity contribution >= 4 is 57.3 Å². The molecule has 1 N–H and O–H groups in total. The zero-order chi connectivity index (χ0) is 24.1. The Bertz CT molecular complexity index is 1340. The Hall–Kier alpha value is -3.00. The van der Waals surface area contributed by atoms with Gasteiger partial charge in [-0.25, -0.2) is 0 Å². The van der Waals surface area contributed by atoms with E-state index in [4.69, 9.17) is 27.9 Å². The maximum Gasteiger partial charge on any atom is 0.234 e. The number of nitrogens with zero attached hydrogens (tertiary/aromatic N) is 3. The monoisotopic (exact) mass is 512 g/mol. The summed E-state index contributed by atoms with van der Waals surface area (Å²) in [5.74, 6) is 1.38. The summed E-state index contributed by atoms with van der Waals surface area (Å²) >= 11 is 13.3. The van der Waals surface area contributed by atoms with E-state index in [2.05, 4.69) is 34.2 Å². The molecule has 0 saturated heterocycles. The van der Waals surface area contributed by atoms with E-state index < -0.39 is 0 Å². The van der Waals surface area contributed by atoms with Gasteiger partial charge in [0, 0.05) is 22.3 Å². The number of rotatable bonds is 9. The lowest BCUT2D eigenvalue weighted by atomic mass is 10.0. The number of carbonyl (C=O) groups excluding carboxylic acids is 1. The number of thioether (sulfide) groups is 1. The van der Waals surface area contributed by atoms with Gasteiger partial charge < -0.3 is 10.1 Å². The second-order valence-electron chi connectivity index (χ2n) is 7.49. The summed E-state index contributed by atoms with van der Waals surface area (Å²) in [6.07, 6.45) is 1.76. The molecule has 0 atom stereocenters. The van der Waals surface area contributed by atoms with Gasteiger partial charge in [0.05, 0.1) is 5.75 Å². The fourth-order valence-electron chi connectivity index (χ4n) is 3.50.